The molecule has 96 valence electrons. The van der Waals surface area contributed by atoms with Gasteiger partial charge in [-0.3, -0.25) is 0 Å². The zero-order chi connectivity index (χ0) is 12.0. The van der Waals surface area contributed by atoms with Gasteiger partial charge in [0.05, 0.1) is 0 Å². The third-order valence-corrected chi connectivity index (χ3v) is 4.48. The van der Waals surface area contributed by atoms with Crippen LogP contribution in [0.2, 0.25) is 0 Å². The van der Waals surface area contributed by atoms with E-state index in [0.717, 1.165) is 11.8 Å². The molecule has 0 saturated heterocycles. The van der Waals surface area contributed by atoms with Gasteiger partial charge in [-0.25, -0.2) is 0 Å². The van der Waals surface area contributed by atoms with Gasteiger partial charge in [0.2, 0.25) is 0 Å². The topological polar surface area (TPSA) is 12.0 Å². The van der Waals surface area contributed by atoms with Gasteiger partial charge in [-0.05, 0) is 43.1 Å². The van der Waals surface area contributed by atoms with Crippen LogP contribution in [0.1, 0.15) is 66.2 Å². The van der Waals surface area contributed by atoms with Crippen LogP contribution in [0.5, 0.6) is 0 Å². The van der Waals surface area contributed by atoms with E-state index in [9.17, 15) is 0 Å². The quantitative estimate of drug-likeness (QED) is 0.713. The Labute approximate surface area is 102 Å². The number of hydrogen-bond acceptors (Lipinski definition) is 1. The summed E-state index contributed by atoms with van der Waals surface area (Å²) in [7, 11) is 0. The number of nitrogens with one attached hydrogen (secondary N) is 1. The number of rotatable bonds is 6. The van der Waals surface area contributed by atoms with Crippen LogP contribution < -0.4 is 5.32 Å². The molecular weight excluding hydrogens is 194 g/mol. The average Bonchev–Trinajstić information content (AvgIpc) is 2.29. The first kappa shape index (κ1) is 14.0. The van der Waals surface area contributed by atoms with Crippen molar-refractivity contribution in [3.05, 3.63) is 0 Å². The van der Waals surface area contributed by atoms with Crippen LogP contribution in [0.4, 0.5) is 0 Å². The highest BCUT2D eigenvalue weighted by Gasteiger charge is 2.32. The molecule has 0 aromatic carbocycles. The van der Waals surface area contributed by atoms with E-state index in [1.807, 2.05) is 0 Å². The molecule has 0 radical (unpaired) electrons. The van der Waals surface area contributed by atoms with Crippen LogP contribution in [0, 0.1) is 17.3 Å². The lowest BCUT2D eigenvalue weighted by atomic mass is 9.68. The van der Waals surface area contributed by atoms with Crippen LogP contribution in [-0.4, -0.2) is 13.1 Å². The molecule has 16 heavy (non-hydrogen) atoms. The maximum Gasteiger partial charge on any atom is 0.000782 e. The minimum absolute atomic E-state index is 0.537. The third-order valence-electron chi connectivity index (χ3n) is 4.48. The Kier molecular flexibility index (Phi) is 5.82. The van der Waals surface area contributed by atoms with E-state index in [2.05, 4.69) is 33.0 Å². The molecule has 1 fully saturated rings. The van der Waals surface area contributed by atoms with Crippen molar-refractivity contribution in [2.45, 2.75) is 66.2 Å². The predicted octanol–water partition coefficient (Wildman–Crippen LogP) is 4.23. The summed E-state index contributed by atoms with van der Waals surface area (Å²) in [5.41, 5.74) is 0.537. The first-order valence-electron chi connectivity index (χ1n) is 7.29. The molecule has 1 atom stereocenters. The van der Waals surface area contributed by atoms with Crippen molar-refractivity contribution in [3.8, 4) is 0 Å². The van der Waals surface area contributed by atoms with E-state index in [4.69, 9.17) is 0 Å². The zero-order valence-corrected chi connectivity index (χ0v) is 11.8. The number of hydrogen-bond donors (Lipinski definition) is 1. The fourth-order valence-electron chi connectivity index (χ4n) is 3.00. The second kappa shape index (κ2) is 6.64. The molecular formula is C15H31N. The van der Waals surface area contributed by atoms with E-state index in [0.29, 0.717) is 5.41 Å². The predicted molar refractivity (Wildman–Crippen MR) is 72.7 cm³/mol. The lowest BCUT2D eigenvalue weighted by molar-refractivity contribution is 0.127. The smallest absolute Gasteiger partial charge is 0.000782 e. The summed E-state index contributed by atoms with van der Waals surface area (Å²) in [6.07, 6.45) is 8.65. The molecule has 1 saturated carbocycles. The van der Waals surface area contributed by atoms with Crippen molar-refractivity contribution in [1.82, 2.24) is 5.32 Å². The van der Waals surface area contributed by atoms with E-state index < -0.39 is 0 Å². The lowest BCUT2D eigenvalue weighted by Crippen LogP contribution is -2.39. The van der Waals surface area contributed by atoms with E-state index in [1.165, 1.54) is 51.6 Å². The third kappa shape index (κ3) is 4.08. The Hall–Kier alpha value is -0.0400. The Bertz CT molecular complexity index is 182. The van der Waals surface area contributed by atoms with Crippen LogP contribution in [0.15, 0.2) is 0 Å². The molecule has 1 aliphatic carbocycles. The first-order chi connectivity index (χ1) is 7.58. The summed E-state index contributed by atoms with van der Waals surface area (Å²) in [6.45, 7) is 11.8. The lowest BCUT2D eigenvalue weighted by Gasteiger charge is -2.40. The van der Waals surface area contributed by atoms with Crippen molar-refractivity contribution in [3.63, 3.8) is 0 Å². The SMILES string of the molecule is CCC(C)(CNCC(C)C)C1CCCCC1. The molecule has 1 nitrogen and oxygen atoms in total. The van der Waals surface area contributed by atoms with Crippen molar-refractivity contribution in [1.29, 1.82) is 0 Å². The van der Waals surface area contributed by atoms with Gasteiger partial charge >= 0.3 is 0 Å². The molecule has 0 spiro atoms. The molecule has 1 heteroatoms. The molecule has 0 heterocycles. The second-order valence-corrected chi connectivity index (χ2v) is 6.37. The maximum atomic E-state index is 3.67. The Morgan fingerprint density at radius 1 is 1.19 bits per heavy atom. The second-order valence-electron chi connectivity index (χ2n) is 6.37. The summed E-state index contributed by atoms with van der Waals surface area (Å²) < 4.78 is 0. The van der Waals surface area contributed by atoms with Gasteiger partial charge in [0.1, 0.15) is 0 Å². The van der Waals surface area contributed by atoms with Crippen LogP contribution in [-0.2, 0) is 0 Å². The zero-order valence-electron chi connectivity index (χ0n) is 11.8. The Morgan fingerprint density at radius 2 is 1.81 bits per heavy atom. The highest BCUT2D eigenvalue weighted by Crippen LogP contribution is 2.40. The molecule has 0 aliphatic heterocycles. The van der Waals surface area contributed by atoms with Crippen molar-refractivity contribution in [2.24, 2.45) is 17.3 Å². The fourth-order valence-corrected chi connectivity index (χ4v) is 3.00. The molecule has 0 aromatic rings. The van der Waals surface area contributed by atoms with Gasteiger partial charge in [-0.15, -0.1) is 0 Å². The van der Waals surface area contributed by atoms with Crippen LogP contribution in [0.25, 0.3) is 0 Å². The summed E-state index contributed by atoms with van der Waals surface area (Å²) in [5.74, 6) is 1.73. The van der Waals surface area contributed by atoms with Gasteiger partial charge < -0.3 is 5.32 Å². The first-order valence-corrected chi connectivity index (χ1v) is 7.29. The highest BCUT2D eigenvalue weighted by molar-refractivity contribution is 4.85. The maximum absolute atomic E-state index is 3.67. The molecule has 0 bridgehead atoms. The monoisotopic (exact) mass is 225 g/mol. The van der Waals surface area contributed by atoms with Crippen LogP contribution >= 0.6 is 0 Å². The van der Waals surface area contributed by atoms with E-state index >= 15 is 0 Å². The molecule has 1 N–H and O–H groups in total. The van der Waals surface area contributed by atoms with Crippen molar-refractivity contribution >= 4 is 0 Å². The molecule has 0 aromatic heterocycles. The van der Waals surface area contributed by atoms with Crippen LogP contribution in [0.3, 0.4) is 0 Å². The minimum atomic E-state index is 0.537. The van der Waals surface area contributed by atoms with Gasteiger partial charge in [0.25, 0.3) is 0 Å². The summed E-state index contributed by atoms with van der Waals surface area (Å²) >= 11 is 0. The molecule has 0 amide bonds. The average molecular weight is 225 g/mol. The van der Waals surface area contributed by atoms with Gasteiger partial charge in [0, 0.05) is 6.54 Å². The fraction of sp³-hybridized carbons (Fsp3) is 1.00. The summed E-state index contributed by atoms with van der Waals surface area (Å²) in [5, 5.41) is 3.67. The van der Waals surface area contributed by atoms with E-state index in [-0.39, 0.29) is 0 Å². The molecule has 1 aliphatic rings. The van der Waals surface area contributed by atoms with Crippen molar-refractivity contribution < 1.29 is 0 Å². The minimum Gasteiger partial charge on any atom is -0.316 e. The van der Waals surface area contributed by atoms with Gasteiger partial charge in [-0.1, -0.05) is 47.0 Å². The summed E-state index contributed by atoms with van der Waals surface area (Å²) in [4.78, 5) is 0. The standard InChI is InChI=1S/C15H31N/c1-5-15(4,12-16-11-13(2)3)14-9-7-6-8-10-14/h13-14,16H,5-12H2,1-4H3. The normalized spacial score (nSPS) is 22.3. The van der Waals surface area contributed by atoms with Gasteiger partial charge in [-0.2, -0.15) is 0 Å². The van der Waals surface area contributed by atoms with Gasteiger partial charge in [0.15, 0.2) is 0 Å². The molecule has 1 unspecified atom stereocenters. The largest absolute Gasteiger partial charge is 0.316 e. The highest BCUT2D eigenvalue weighted by atomic mass is 14.9. The van der Waals surface area contributed by atoms with E-state index in [1.54, 1.807) is 0 Å². The summed E-state index contributed by atoms with van der Waals surface area (Å²) in [6, 6.07) is 0. The Balaban J connectivity index is 2.41. The Morgan fingerprint density at radius 3 is 2.31 bits per heavy atom. The molecule has 1 rings (SSSR count). The van der Waals surface area contributed by atoms with Crippen molar-refractivity contribution in [2.75, 3.05) is 13.1 Å².